The van der Waals surface area contributed by atoms with Crippen molar-refractivity contribution < 1.29 is 4.42 Å². The molecule has 1 aromatic carbocycles. The molecule has 3 aromatic heterocycles. The minimum Gasteiger partial charge on any atom is -0.404 e. The first kappa shape index (κ1) is 16.7. The second-order valence-electron chi connectivity index (χ2n) is 7.34. The maximum Gasteiger partial charge on any atom is 0.313 e. The van der Waals surface area contributed by atoms with E-state index in [9.17, 15) is 0 Å². The summed E-state index contributed by atoms with van der Waals surface area (Å²) in [6.45, 7) is 4.37. The summed E-state index contributed by atoms with van der Waals surface area (Å²) in [5.41, 5.74) is 8.29. The van der Waals surface area contributed by atoms with Gasteiger partial charge in [-0.25, -0.2) is 9.97 Å². The molecule has 1 fully saturated rings. The molecule has 1 aliphatic heterocycles. The first-order chi connectivity index (χ1) is 13.7. The van der Waals surface area contributed by atoms with E-state index in [0.717, 1.165) is 40.9 Å². The van der Waals surface area contributed by atoms with Gasteiger partial charge in [-0.15, -0.1) is 5.10 Å². The van der Waals surface area contributed by atoms with E-state index in [1.165, 1.54) is 12.8 Å². The topological polar surface area (TPSA) is 110 Å². The highest BCUT2D eigenvalue weighted by Gasteiger charge is 2.19. The van der Waals surface area contributed by atoms with Crippen LogP contribution in [-0.2, 0) is 0 Å². The molecular formula is C20H21N7O. The summed E-state index contributed by atoms with van der Waals surface area (Å²) in [5, 5.41) is 8.70. The molecule has 4 aromatic rings. The van der Waals surface area contributed by atoms with Gasteiger partial charge in [0.15, 0.2) is 5.82 Å². The minimum absolute atomic E-state index is 0.0520. The standard InChI is InChI=1S/C20H21N7O/c1-12-3-2-8-27(11-12)17-6-7-22-18(24-17)15-10-23-16-5-4-13(9-14(15)16)19-25-26-20(21)28-19/h4-7,9-10,12,23H,2-3,8,11H2,1H3,(H2,21,26)/t12-/m0/s1. The number of hydrogen-bond acceptors (Lipinski definition) is 7. The number of nitrogen functional groups attached to an aromatic ring is 1. The fraction of sp³-hybridized carbons (Fsp3) is 0.300. The molecule has 1 aliphatic rings. The highest BCUT2D eigenvalue weighted by Crippen LogP contribution is 2.31. The van der Waals surface area contributed by atoms with Gasteiger partial charge in [0.25, 0.3) is 0 Å². The normalized spacial score (nSPS) is 17.3. The Kier molecular flexibility index (Phi) is 3.96. The Balaban J connectivity index is 1.55. The number of aromatic nitrogens is 5. The first-order valence-corrected chi connectivity index (χ1v) is 9.46. The van der Waals surface area contributed by atoms with E-state index < -0.39 is 0 Å². The second-order valence-corrected chi connectivity index (χ2v) is 7.34. The van der Waals surface area contributed by atoms with Crippen molar-refractivity contribution in [3.63, 3.8) is 0 Å². The van der Waals surface area contributed by atoms with Crippen molar-refractivity contribution in [2.45, 2.75) is 19.8 Å². The number of nitrogens with zero attached hydrogens (tertiary/aromatic N) is 5. The zero-order chi connectivity index (χ0) is 19.1. The summed E-state index contributed by atoms with van der Waals surface area (Å²) in [7, 11) is 0. The number of H-pyrrole nitrogens is 1. The molecule has 1 atom stereocenters. The lowest BCUT2D eigenvalue weighted by Crippen LogP contribution is -2.34. The van der Waals surface area contributed by atoms with E-state index in [-0.39, 0.29) is 6.01 Å². The molecule has 8 heteroatoms. The molecule has 3 N–H and O–H groups in total. The molecule has 5 rings (SSSR count). The minimum atomic E-state index is 0.0520. The van der Waals surface area contributed by atoms with Gasteiger partial charge in [-0.3, -0.25) is 0 Å². The van der Waals surface area contributed by atoms with Crippen LogP contribution in [0.25, 0.3) is 33.7 Å². The summed E-state index contributed by atoms with van der Waals surface area (Å²) in [6, 6.07) is 7.93. The van der Waals surface area contributed by atoms with E-state index >= 15 is 0 Å². The number of fused-ring (bicyclic) bond motifs is 1. The molecule has 0 unspecified atom stereocenters. The van der Waals surface area contributed by atoms with Crippen LogP contribution in [0.1, 0.15) is 19.8 Å². The van der Waals surface area contributed by atoms with E-state index in [0.29, 0.717) is 17.6 Å². The molecule has 4 heterocycles. The van der Waals surface area contributed by atoms with Crippen LogP contribution in [0.15, 0.2) is 41.1 Å². The molecule has 0 saturated carbocycles. The summed E-state index contributed by atoms with van der Waals surface area (Å²) < 4.78 is 5.36. The number of benzene rings is 1. The molecule has 28 heavy (non-hydrogen) atoms. The Labute approximate surface area is 161 Å². The molecule has 0 radical (unpaired) electrons. The summed E-state index contributed by atoms with van der Waals surface area (Å²) in [4.78, 5) is 15.0. The van der Waals surface area contributed by atoms with Crippen LogP contribution in [0.2, 0.25) is 0 Å². The largest absolute Gasteiger partial charge is 0.404 e. The average Bonchev–Trinajstić information content (AvgIpc) is 3.34. The molecule has 0 bridgehead atoms. The van der Waals surface area contributed by atoms with Gasteiger partial charge in [0.1, 0.15) is 5.82 Å². The third-order valence-electron chi connectivity index (χ3n) is 5.23. The zero-order valence-corrected chi connectivity index (χ0v) is 15.6. The Morgan fingerprint density at radius 1 is 1.25 bits per heavy atom. The van der Waals surface area contributed by atoms with Crippen molar-refractivity contribution in [1.29, 1.82) is 0 Å². The number of aromatic amines is 1. The van der Waals surface area contributed by atoms with Crippen molar-refractivity contribution in [1.82, 2.24) is 25.1 Å². The number of nitrogens with one attached hydrogen (secondary N) is 1. The Bertz CT molecular complexity index is 1130. The average molecular weight is 375 g/mol. The predicted molar refractivity (Wildman–Crippen MR) is 108 cm³/mol. The fourth-order valence-corrected chi connectivity index (χ4v) is 3.84. The third-order valence-corrected chi connectivity index (χ3v) is 5.23. The first-order valence-electron chi connectivity index (χ1n) is 9.46. The van der Waals surface area contributed by atoms with Crippen LogP contribution in [-0.4, -0.2) is 38.2 Å². The van der Waals surface area contributed by atoms with Crippen molar-refractivity contribution in [3.05, 3.63) is 36.7 Å². The predicted octanol–water partition coefficient (Wildman–Crippen LogP) is 3.49. The van der Waals surface area contributed by atoms with Gasteiger partial charge in [0.2, 0.25) is 5.89 Å². The van der Waals surface area contributed by atoms with Gasteiger partial charge in [0.05, 0.1) is 0 Å². The molecule has 142 valence electrons. The van der Waals surface area contributed by atoms with E-state index in [1.807, 2.05) is 36.7 Å². The molecule has 0 amide bonds. The van der Waals surface area contributed by atoms with Gasteiger partial charge in [-0.1, -0.05) is 12.0 Å². The molecular weight excluding hydrogens is 354 g/mol. The molecule has 0 spiro atoms. The van der Waals surface area contributed by atoms with Gasteiger partial charge in [-0.05, 0) is 43.0 Å². The quantitative estimate of drug-likeness (QED) is 0.564. The lowest BCUT2D eigenvalue weighted by Gasteiger charge is -2.31. The Morgan fingerprint density at radius 3 is 3.00 bits per heavy atom. The van der Waals surface area contributed by atoms with Crippen LogP contribution < -0.4 is 10.6 Å². The van der Waals surface area contributed by atoms with Crippen LogP contribution in [0.4, 0.5) is 11.8 Å². The highest BCUT2D eigenvalue weighted by atomic mass is 16.4. The van der Waals surface area contributed by atoms with Crippen molar-refractivity contribution >= 4 is 22.7 Å². The van der Waals surface area contributed by atoms with Gasteiger partial charge < -0.3 is 20.0 Å². The molecule has 8 nitrogen and oxygen atoms in total. The third kappa shape index (κ3) is 2.96. The summed E-state index contributed by atoms with van der Waals surface area (Å²) >= 11 is 0. The Hall–Kier alpha value is -3.42. The monoisotopic (exact) mass is 375 g/mol. The van der Waals surface area contributed by atoms with E-state index in [2.05, 4.69) is 32.0 Å². The van der Waals surface area contributed by atoms with Crippen molar-refractivity contribution in [3.8, 4) is 22.8 Å². The summed E-state index contributed by atoms with van der Waals surface area (Å²) in [6.07, 6.45) is 6.25. The zero-order valence-electron chi connectivity index (χ0n) is 15.6. The SMILES string of the molecule is C[C@H]1CCCN(c2ccnc(-c3c[nH]c4ccc(-c5nnc(N)o5)cc34)n2)C1. The van der Waals surface area contributed by atoms with Gasteiger partial charge >= 0.3 is 6.01 Å². The highest BCUT2D eigenvalue weighted by molar-refractivity contribution is 5.96. The Morgan fingerprint density at radius 2 is 2.18 bits per heavy atom. The summed E-state index contributed by atoms with van der Waals surface area (Å²) in [5.74, 6) is 2.75. The van der Waals surface area contributed by atoms with Crippen LogP contribution in [0, 0.1) is 5.92 Å². The lowest BCUT2D eigenvalue weighted by molar-refractivity contribution is 0.444. The van der Waals surface area contributed by atoms with Crippen LogP contribution in [0.5, 0.6) is 0 Å². The van der Waals surface area contributed by atoms with E-state index in [1.54, 1.807) is 0 Å². The lowest BCUT2D eigenvalue weighted by atomic mass is 10.0. The van der Waals surface area contributed by atoms with E-state index in [4.69, 9.17) is 15.1 Å². The van der Waals surface area contributed by atoms with Gasteiger partial charge in [-0.2, -0.15) is 0 Å². The van der Waals surface area contributed by atoms with Crippen LogP contribution >= 0.6 is 0 Å². The smallest absolute Gasteiger partial charge is 0.313 e. The number of piperidine rings is 1. The number of hydrogen-bond donors (Lipinski definition) is 2. The number of rotatable bonds is 3. The fourth-order valence-electron chi connectivity index (χ4n) is 3.84. The van der Waals surface area contributed by atoms with Crippen LogP contribution in [0.3, 0.4) is 0 Å². The molecule has 1 saturated heterocycles. The van der Waals surface area contributed by atoms with Gasteiger partial charge in [0, 0.05) is 47.5 Å². The molecule has 0 aliphatic carbocycles. The number of nitrogens with two attached hydrogens (primary N) is 1. The number of anilines is 2. The van der Waals surface area contributed by atoms with Crippen molar-refractivity contribution in [2.75, 3.05) is 23.7 Å². The van der Waals surface area contributed by atoms with Crippen molar-refractivity contribution in [2.24, 2.45) is 5.92 Å². The maximum atomic E-state index is 5.56. The second kappa shape index (κ2) is 6.63. The maximum absolute atomic E-state index is 5.56.